The van der Waals surface area contributed by atoms with Crippen LogP contribution >= 0.6 is 0 Å². The zero-order valence-electron chi connectivity index (χ0n) is 14.0. The van der Waals surface area contributed by atoms with Crippen LogP contribution in [-0.4, -0.2) is 71.9 Å². The number of aromatic nitrogens is 1. The van der Waals surface area contributed by atoms with Gasteiger partial charge in [0.15, 0.2) is 9.84 Å². The van der Waals surface area contributed by atoms with Crippen LogP contribution < -0.4 is 0 Å². The van der Waals surface area contributed by atoms with E-state index >= 15 is 0 Å². The molecule has 1 aromatic heterocycles. The van der Waals surface area contributed by atoms with Crippen molar-refractivity contribution in [1.29, 1.82) is 0 Å². The van der Waals surface area contributed by atoms with Crippen LogP contribution in [0.15, 0.2) is 18.3 Å². The van der Waals surface area contributed by atoms with Crippen molar-refractivity contribution < 1.29 is 13.2 Å². The fourth-order valence-corrected chi connectivity index (χ4v) is 5.81. The molecular formula is C16H25N3O3S. The normalized spacial score (nSPS) is 27.4. The third kappa shape index (κ3) is 3.17. The fourth-order valence-electron chi connectivity index (χ4n) is 3.80. The minimum Gasteiger partial charge on any atom is -0.347 e. The van der Waals surface area contributed by atoms with Crippen LogP contribution in [-0.2, 0) is 16.9 Å². The molecule has 2 aliphatic rings. The number of carbonyl (C=O) groups is 1. The van der Waals surface area contributed by atoms with E-state index in [0.717, 1.165) is 13.1 Å². The minimum atomic E-state index is -3.09. The number of hydrogen-bond donors (Lipinski definition) is 0. The maximum Gasteiger partial charge on any atom is 0.270 e. The monoisotopic (exact) mass is 339 g/mol. The van der Waals surface area contributed by atoms with Gasteiger partial charge in [0, 0.05) is 38.9 Å². The largest absolute Gasteiger partial charge is 0.347 e. The quantitative estimate of drug-likeness (QED) is 0.809. The van der Waals surface area contributed by atoms with Crippen LogP contribution in [0.4, 0.5) is 0 Å². The molecule has 3 heterocycles. The van der Waals surface area contributed by atoms with E-state index in [9.17, 15) is 13.2 Å². The highest BCUT2D eigenvalue weighted by molar-refractivity contribution is 7.91. The van der Waals surface area contributed by atoms with Gasteiger partial charge in [-0.2, -0.15) is 0 Å². The second-order valence-electron chi connectivity index (χ2n) is 7.10. The molecule has 23 heavy (non-hydrogen) atoms. The Morgan fingerprint density at radius 1 is 1.26 bits per heavy atom. The van der Waals surface area contributed by atoms with Crippen molar-refractivity contribution in [2.45, 2.75) is 25.9 Å². The van der Waals surface area contributed by atoms with Crippen LogP contribution in [0.1, 0.15) is 24.3 Å². The van der Waals surface area contributed by atoms with E-state index in [2.05, 4.69) is 18.7 Å². The van der Waals surface area contributed by atoms with E-state index in [-0.39, 0.29) is 29.5 Å². The summed E-state index contributed by atoms with van der Waals surface area (Å²) in [6.45, 7) is 6.49. The van der Waals surface area contributed by atoms with E-state index in [0.29, 0.717) is 18.2 Å². The summed E-state index contributed by atoms with van der Waals surface area (Å²) in [6.07, 6.45) is 1.84. The molecule has 128 valence electrons. The standard InChI is InChI=1S/C16H25N3O3S/c1-12(2)9-18-7-8-19(15-11-23(21,22)10-14(15)18)16(20)13-5-4-6-17(13)3/h4-6,12,14-15H,7-11H2,1-3H3/t14-,15+/m1/s1. The van der Waals surface area contributed by atoms with Crippen molar-refractivity contribution in [3.8, 4) is 0 Å². The van der Waals surface area contributed by atoms with Gasteiger partial charge in [0.1, 0.15) is 5.69 Å². The van der Waals surface area contributed by atoms with Gasteiger partial charge in [0.2, 0.25) is 0 Å². The number of aryl methyl sites for hydroxylation is 1. The number of piperazine rings is 1. The first kappa shape index (κ1) is 16.5. The van der Waals surface area contributed by atoms with E-state index in [1.165, 1.54) is 0 Å². The van der Waals surface area contributed by atoms with Gasteiger partial charge < -0.3 is 9.47 Å². The molecule has 0 aromatic carbocycles. The maximum atomic E-state index is 12.9. The van der Waals surface area contributed by atoms with Crippen LogP contribution in [0.5, 0.6) is 0 Å². The van der Waals surface area contributed by atoms with Gasteiger partial charge in [-0.25, -0.2) is 8.42 Å². The fraction of sp³-hybridized carbons (Fsp3) is 0.688. The van der Waals surface area contributed by atoms with Gasteiger partial charge in [-0.1, -0.05) is 13.8 Å². The molecular weight excluding hydrogens is 314 g/mol. The first-order valence-electron chi connectivity index (χ1n) is 8.15. The SMILES string of the molecule is CC(C)CN1CCN(C(=O)c2cccn2C)[C@H]2CS(=O)(=O)C[C@H]21. The van der Waals surface area contributed by atoms with Crippen molar-refractivity contribution in [2.75, 3.05) is 31.1 Å². The van der Waals surface area contributed by atoms with Crippen LogP contribution in [0.25, 0.3) is 0 Å². The first-order chi connectivity index (χ1) is 10.8. The number of fused-ring (bicyclic) bond motifs is 1. The lowest BCUT2D eigenvalue weighted by Crippen LogP contribution is -2.61. The summed E-state index contributed by atoms with van der Waals surface area (Å²) < 4.78 is 26.2. The van der Waals surface area contributed by atoms with Crippen molar-refractivity contribution in [1.82, 2.24) is 14.4 Å². The molecule has 0 spiro atoms. The van der Waals surface area contributed by atoms with Gasteiger partial charge >= 0.3 is 0 Å². The average molecular weight is 339 g/mol. The van der Waals surface area contributed by atoms with E-state index in [1.807, 2.05) is 19.3 Å². The molecule has 6 nitrogen and oxygen atoms in total. The topological polar surface area (TPSA) is 62.6 Å². The Hall–Kier alpha value is -1.34. The van der Waals surface area contributed by atoms with Gasteiger partial charge in [0.05, 0.1) is 17.5 Å². The Bertz CT molecular complexity index is 695. The highest BCUT2D eigenvalue weighted by atomic mass is 32.2. The Morgan fingerprint density at radius 3 is 2.57 bits per heavy atom. The lowest BCUT2D eigenvalue weighted by molar-refractivity contribution is 0.0290. The maximum absolute atomic E-state index is 12.9. The number of carbonyl (C=O) groups excluding carboxylic acids is 1. The zero-order chi connectivity index (χ0) is 16.8. The van der Waals surface area contributed by atoms with Gasteiger partial charge in [-0.3, -0.25) is 9.69 Å². The van der Waals surface area contributed by atoms with E-state index in [4.69, 9.17) is 0 Å². The Morgan fingerprint density at radius 2 is 1.96 bits per heavy atom. The number of hydrogen-bond acceptors (Lipinski definition) is 4. The van der Waals surface area contributed by atoms with Crippen molar-refractivity contribution in [3.63, 3.8) is 0 Å². The predicted octanol–water partition coefficient (Wildman–Crippen LogP) is 0.605. The van der Waals surface area contributed by atoms with Crippen molar-refractivity contribution >= 4 is 15.7 Å². The molecule has 2 aliphatic heterocycles. The molecule has 2 fully saturated rings. The average Bonchev–Trinajstić information content (AvgIpc) is 3.00. The van der Waals surface area contributed by atoms with Gasteiger partial charge in [-0.05, 0) is 18.1 Å². The summed E-state index contributed by atoms with van der Waals surface area (Å²) in [5.74, 6) is 0.673. The molecule has 0 saturated carbocycles. The molecule has 0 N–H and O–H groups in total. The van der Waals surface area contributed by atoms with Crippen LogP contribution in [0.2, 0.25) is 0 Å². The molecule has 7 heteroatoms. The summed E-state index contributed by atoms with van der Waals surface area (Å²) in [5.41, 5.74) is 0.616. The molecule has 1 aromatic rings. The molecule has 1 amide bonds. The third-order valence-corrected chi connectivity index (χ3v) is 6.51. The smallest absolute Gasteiger partial charge is 0.270 e. The summed E-state index contributed by atoms with van der Waals surface area (Å²) in [6, 6.07) is 3.34. The Balaban J connectivity index is 1.87. The third-order valence-electron chi connectivity index (χ3n) is 4.81. The molecule has 2 atom stereocenters. The molecule has 3 rings (SSSR count). The van der Waals surface area contributed by atoms with Crippen LogP contribution in [0.3, 0.4) is 0 Å². The highest BCUT2D eigenvalue weighted by Crippen LogP contribution is 2.28. The Labute approximate surface area is 138 Å². The number of amides is 1. The van der Waals surface area contributed by atoms with E-state index in [1.54, 1.807) is 15.5 Å². The molecule has 0 radical (unpaired) electrons. The molecule has 0 unspecified atom stereocenters. The Kier molecular flexibility index (Phi) is 4.27. The number of rotatable bonds is 3. The summed E-state index contributed by atoms with van der Waals surface area (Å²) in [7, 11) is -1.25. The lowest BCUT2D eigenvalue weighted by atomic mass is 10.0. The van der Waals surface area contributed by atoms with Gasteiger partial charge in [0.25, 0.3) is 5.91 Å². The first-order valence-corrected chi connectivity index (χ1v) is 9.97. The highest BCUT2D eigenvalue weighted by Gasteiger charge is 2.48. The van der Waals surface area contributed by atoms with Crippen molar-refractivity contribution in [3.05, 3.63) is 24.0 Å². The molecule has 0 bridgehead atoms. The summed E-state index contributed by atoms with van der Waals surface area (Å²) >= 11 is 0. The number of sulfone groups is 1. The van der Waals surface area contributed by atoms with Crippen LogP contribution in [0, 0.1) is 5.92 Å². The predicted molar refractivity (Wildman–Crippen MR) is 89.1 cm³/mol. The lowest BCUT2D eigenvalue weighted by Gasteiger charge is -2.44. The minimum absolute atomic E-state index is 0.0613. The second-order valence-corrected chi connectivity index (χ2v) is 9.26. The molecule has 0 aliphatic carbocycles. The van der Waals surface area contributed by atoms with Crippen molar-refractivity contribution in [2.24, 2.45) is 13.0 Å². The summed E-state index contributed by atoms with van der Waals surface area (Å²) in [5, 5.41) is 0. The molecule has 2 saturated heterocycles. The van der Waals surface area contributed by atoms with E-state index < -0.39 is 9.84 Å². The van der Waals surface area contributed by atoms with Gasteiger partial charge in [-0.15, -0.1) is 0 Å². The number of nitrogens with zero attached hydrogens (tertiary/aromatic N) is 3. The zero-order valence-corrected chi connectivity index (χ0v) is 14.8. The summed E-state index contributed by atoms with van der Waals surface area (Å²) in [4.78, 5) is 16.9. The second kappa shape index (κ2) is 5.94.